The van der Waals surface area contributed by atoms with Gasteiger partial charge in [0.15, 0.2) is 5.78 Å². The summed E-state index contributed by atoms with van der Waals surface area (Å²) in [6.07, 6.45) is 2.21. The molecule has 1 atom stereocenters. The van der Waals surface area contributed by atoms with E-state index in [0.29, 0.717) is 12.0 Å². The monoisotopic (exact) mass is 231 g/mol. The van der Waals surface area contributed by atoms with E-state index in [0.717, 1.165) is 5.56 Å². The van der Waals surface area contributed by atoms with Gasteiger partial charge in [-0.3, -0.25) is 4.79 Å². The molecule has 0 aliphatic rings. The molecule has 0 spiro atoms. The van der Waals surface area contributed by atoms with Gasteiger partial charge in [0, 0.05) is 5.56 Å². The predicted molar refractivity (Wildman–Crippen MR) is 63.5 cm³/mol. The number of aliphatic carboxylic acids is 1. The molecule has 0 heterocycles. The maximum atomic E-state index is 12.1. The minimum atomic E-state index is -1.35. The minimum Gasteiger partial charge on any atom is -0.549 e. The van der Waals surface area contributed by atoms with E-state index in [4.69, 9.17) is 0 Å². The van der Waals surface area contributed by atoms with E-state index in [1.165, 1.54) is 6.08 Å². The number of hydrogen-bond donors (Lipinski definition) is 0. The predicted octanol–water partition coefficient (Wildman–Crippen LogP) is 1.37. The van der Waals surface area contributed by atoms with E-state index >= 15 is 0 Å². The highest BCUT2D eigenvalue weighted by Gasteiger charge is 2.21. The standard InChI is InChI=1S/C14H16O3/c1-3-7-12(14(16)17)13(15)11-9-6-5-8-10(11)4-2/h3,5-6,8-9,12H,1,4,7H2,2H3,(H,16,17)/p-1. The second-order valence-corrected chi connectivity index (χ2v) is 3.77. The van der Waals surface area contributed by atoms with Crippen LogP contribution in [0.25, 0.3) is 0 Å². The normalized spacial score (nSPS) is 11.8. The number of carboxylic acid groups (broad SMARTS) is 1. The van der Waals surface area contributed by atoms with Gasteiger partial charge in [-0.15, -0.1) is 6.58 Å². The zero-order chi connectivity index (χ0) is 12.8. The summed E-state index contributed by atoms with van der Waals surface area (Å²) < 4.78 is 0. The van der Waals surface area contributed by atoms with Crippen molar-refractivity contribution in [3.05, 3.63) is 48.0 Å². The number of carboxylic acids is 1. The summed E-state index contributed by atoms with van der Waals surface area (Å²) in [7, 11) is 0. The molecule has 17 heavy (non-hydrogen) atoms. The van der Waals surface area contributed by atoms with Gasteiger partial charge in [0.25, 0.3) is 0 Å². The molecule has 1 rings (SSSR count). The number of allylic oxidation sites excluding steroid dienone is 1. The van der Waals surface area contributed by atoms with Crippen molar-refractivity contribution < 1.29 is 14.7 Å². The molecule has 1 aromatic rings. The topological polar surface area (TPSA) is 57.2 Å². The van der Waals surface area contributed by atoms with E-state index in [2.05, 4.69) is 6.58 Å². The molecule has 0 radical (unpaired) electrons. The van der Waals surface area contributed by atoms with Crippen LogP contribution < -0.4 is 5.11 Å². The number of ketones is 1. The first-order chi connectivity index (χ1) is 8.11. The number of carbonyl (C=O) groups is 2. The fourth-order valence-electron chi connectivity index (χ4n) is 1.73. The highest BCUT2D eigenvalue weighted by atomic mass is 16.4. The van der Waals surface area contributed by atoms with E-state index in [9.17, 15) is 14.7 Å². The van der Waals surface area contributed by atoms with Gasteiger partial charge in [-0.05, 0) is 18.4 Å². The van der Waals surface area contributed by atoms with Gasteiger partial charge in [-0.1, -0.05) is 37.3 Å². The van der Waals surface area contributed by atoms with Crippen LogP contribution in [0.2, 0.25) is 0 Å². The van der Waals surface area contributed by atoms with E-state index in [1.807, 2.05) is 19.1 Å². The number of benzene rings is 1. The first-order valence-corrected chi connectivity index (χ1v) is 5.55. The van der Waals surface area contributed by atoms with Crippen molar-refractivity contribution in [3.8, 4) is 0 Å². The maximum Gasteiger partial charge on any atom is 0.172 e. The van der Waals surface area contributed by atoms with Crippen molar-refractivity contribution in [1.29, 1.82) is 0 Å². The Labute approximate surface area is 101 Å². The van der Waals surface area contributed by atoms with Crippen molar-refractivity contribution >= 4 is 11.8 Å². The summed E-state index contributed by atoms with van der Waals surface area (Å²) in [5.41, 5.74) is 1.32. The maximum absolute atomic E-state index is 12.1. The lowest BCUT2D eigenvalue weighted by Gasteiger charge is -2.16. The second-order valence-electron chi connectivity index (χ2n) is 3.77. The Hall–Kier alpha value is -1.90. The third-order valence-corrected chi connectivity index (χ3v) is 2.67. The summed E-state index contributed by atoms with van der Waals surface area (Å²) in [6.45, 7) is 5.38. The van der Waals surface area contributed by atoms with Crippen LogP contribution in [0.15, 0.2) is 36.9 Å². The van der Waals surface area contributed by atoms with Gasteiger partial charge in [0.2, 0.25) is 0 Å². The third-order valence-electron chi connectivity index (χ3n) is 2.67. The lowest BCUT2D eigenvalue weighted by atomic mass is 9.91. The van der Waals surface area contributed by atoms with E-state index in [1.54, 1.807) is 12.1 Å². The molecule has 3 heteroatoms. The number of hydrogen-bond acceptors (Lipinski definition) is 3. The molecule has 0 aliphatic heterocycles. The Kier molecular flexibility index (Phi) is 4.64. The quantitative estimate of drug-likeness (QED) is 0.422. The van der Waals surface area contributed by atoms with Gasteiger partial charge in [0.1, 0.15) is 0 Å². The van der Waals surface area contributed by atoms with Gasteiger partial charge in [-0.2, -0.15) is 0 Å². The van der Waals surface area contributed by atoms with Crippen molar-refractivity contribution in [1.82, 2.24) is 0 Å². The van der Waals surface area contributed by atoms with Crippen molar-refractivity contribution in [2.45, 2.75) is 19.8 Å². The molecule has 0 fully saturated rings. The van der Waals surface area contributed by atoms with Crippen molar-refractivity contribution in [3.63, 3.8) is 0 Å². The van der Waals surface area contributed by atoms with Crippen LogP contribution in [0, 0.1) is 5.92 Å². The Morgan fingerprint density at radius 2 is 2.06 bits per heavy atom. The molecule has 1 unspecified atom stereocenters. The Bertz CT molecular complexity index is 435. The summed E-state index contributed by atoms with van der Waals surface area (Å²) in [4.78, 5) is 23.0. The average molecular weight is 231 g/mol. The fourth-order valence-corrected chi connectivity index (χ4v) is 1.73. The van der Waals surface area contributed by atoms with E-state index < -0.39 is 17.7 Å². The first kappa shape index (κ1) is 13.2. The largest absolute Gasteiger partial charge is 0.549 e. The van der Waals surface area contributed by atoms with Crippen LogP contribution in [0.4, 0.5) is 0 Å². The van der Waals surface area contributed by atoms with Crippen LogP contribution in [0.5, 0.6) is 0 Å². The molecule has 0 bridgehead atoms. The highest BCUT2D eigenvalue weighted by Crippen LogP contribution is 2.17. The Morgan fingerprint density at radius 3 is 2.59 bits per heavy atom. The molecule has 0 saturated heterocycles. The number of carbonyl (C=O) groups excluding carboxylic acids is 2. The summed E-state index contributed by atoms with van der Waals surface area (Å²) in [5, 5.41) is 10.9. The number of rotatable bonds is 6. The first-order valence-electron chi connectivity index (χ1n) is 5.55. The highest BCUT2D eigenvalue weighted by molar-refractivity contribution is 6.08. The third kappa shape index (κ3) is 3.03. The molecular formula is C14H15O3-. The van der Waals surface area contributed by atoms with Crippen LogP contribution in [0.1, 0.15) is 29.3 Å². The van der Waals surface area contributed by atoms with Crippen LogP contribution >= 0.6 is 0 Å². The van der Waals surface area contributed by atoms with Gasteiger partial charge in [0.05, 0.1) is 11.9 Å². The molecule has 90 valence electrons. The van der Waals surface area contributed by atoms with E-state index in [-0.39, 0.29) is 6.42 Å². The van der Waals surface area contributed by atoms with Crippen LogP contribution in [-0.2, 0) is 11.2 Å². The zero-order valence-corrected chi connectivity index (χ0v) is 9.81. The molecule has 0 aliphatic carbocycles. The number of Topliss-reactive ketones (excluding diaryl/α,β-unsaturated/α-hetero) is 1. The molecule has 0 aromatic heterocycles. The molecule has 0 N–H and O–H groups in total. The average Bonchev–Trinajstić information content (AvgIpc) is 2.34. The molecular weight excluding hydrogens is 216 g/mol. The van der Waals surface area contributed by atoms with Crippen LogP contribution in [-0.4, -0.2) is 11.8 Å². The van der Waals surface area contributed by atoms with Crippen molar-refractivity contribution in [2.75, 3.05) is 0 Å². The Morgan fingerprint density at radius 1 is 1.41 bits per heavy atom. The molecule has 3 nitrogen and oxygen atoms in total. The zero-order valence-electron chi connectivity index (χ0n) is 9.81. The second kappa shape index (κ2) is 5.99. The number of aryl methyl sites for hydroxylation is 1. The molecule has 0 amide bonds. The lowest BCUT2D eigenvalue weighted by Crippen LogP contribution is -2.36. The Balaban J connectivity index is 3.08. The lowest BCUT2D eigenvalue weighted by molar-refractivity contribution is -0.309. The van der Waals surface area contributed by atoms with Gasteiger partial charge >= 0.3 is 0 Å². The SMILES string of the molecule is C=CCC(C(=O)[O-])C(=O)c1ccccc1CC. The molecule has 0 saturated carbocycles. The van der Waals surface area contributed by atoms with Gasteiger partial charge < -0.3 is 9.90 Å². The van der Waals surface area contributed by atoms with Crippen molar-refractivity contribution in [2.24, 2.45) is 5.92 Å². The van der Waals surface area contributed by atoms with Crippen LogP contribution in [0.3, 0.4) is 0 Å². The summed E-state index contributed by atoms with van der Waals surface area (Å²) in [6, 6.07) is 7.04. The smallest absolute Gasteiger partial charge is 0.172 e. The summed E-state index contributed by atoms with van der Waals surface area (Å²) in [5.74, 6) is -2.89. The van der Waals surface area contributed by atoms with Gasteiger partial charge in [-0.25, -0.2) is 0 Å². The molecule has 1 aromatic carbocycles. The fraction of sp³-hybridized carbons (Fsp3) is 0.286. The minimum absolute atomic E-state index is 0.0964. The summed E-state index contributed by atoms with van der Waals surface area (Å²) >= 11 is 0.